The summed E-state index contributed by atoms with van der Waals surface area (Å²) in [6.07, 6.45) is 1.80. The summed E-state index contributed by atoms with van der Waals surface area (Å²) in [4.78, 5) is 13.5. The first kappa shape index (κ1) is 26.7. The number of fused-ring (bicyclic) bond motifs is 1. The van der Waals surface area contributed by atoms with Crippen molar-refractivity contribution in [2.75, 3.05) is 5.75 Å². The number of hydrogen-bond donors (Lipinski definition) is 1. The molecule has 10 heteroatoms. The summed E-state index contributed by atoms with van der Waals surface area (Å²) in [5.74, 6) is -0.983. The van der Waals surface area contributed by atoms with Crippen LogP contribution in [0.1, 0.15) is 45.8 Å². The normalized spacial score (nSPS) is 16.2. The number of benzene rings is 3. The third kappa shape index (κ3) is 5.59. The van der Waals surface area contributed by atoms with Crippen molar-refractivity contribution in [1.82, 2.24) is 15.1 Å². The van der Waals surface area contributed by atoms with E-state index in [9.17, 15) is 13.2 Å². The van der Waals surface area contributed by atoms with Gasteiger partial charge in [-0.05, 0) is 60.0 Å². The molecule has 1 aliphatic rings. The van der Waals surface area contributed by atoms with Gasteiger partial charge in [-0.15, -0.1) is 0 Å². The summed E-state index contributed by atoms with van der Waals surface area (Å²) < 4.78 is 28.6. The van der Waals surface area contributed by atoms with Gasteiger partial charge in [-0.25, -0.2) is 13.1 Å². The summed E-state index contributed by atoms with van der Waals surface area (Å²) in [6.45, 7) is 1.86. The molecular weight excluding hydrogens is 609 g/mol. The summed E-state index contributed by atoms with van der Waals surface area (Å²) >= 11 is 16.1. The lowest BCUT2D eigenvalue weighted by Crippen LogP contribution is -2.29. The third-order valence-electron chi connectivity index (χ3n) is 6.24. The molecule has 1 aromatic heterocycles. The lowest BCUT2D eigenvalue weighted by molar-refractivity contribution is 0.0933. The molecule has 6 nitrogen and oxygen atoms in total. The fourth-order valence-corrected chi connectivity index (χ4v) is 6.73. The molecule has 0 fully saturated rings. The lowest BCUT2D eigenvalue weighted by Gasteiger charge is -2.20. The van der Waals surface area contributed by atoms with Crippen LogP contribution in [0.25, 0.3) is 17.3 Å². The predicted octanol–water partition coefficient (Wildman–Crippen LogP) is 6.90. The molecule has 1 atom stereocenters. The summed E-state index contributed by atoms with van der Waals surface area (Å²) in [6, 6.07) is 21.7. The minimum Gasteiger partial charge on any atom is -0.344 e. The van der Waals surface area contributed by atoms with Crippen LogP contribution >= 0.6 is 39.1 Å². The number of hydrogen-bond acceptors (Lipinski definition) is 4. The van der Waals surface area contributed by atoms with E-state index in [1.165, 1.54) is 0 Å². The minimum absolute atomic E-state index is 0.0405. The van der Waals surface area contributed by atoms with E-state index < -0.39 is 15.7 Å². The zero-order valence-electron chi connectivity index (χ0n) is 20.2. The molecule has 0 bridgehead atoms. The molecule has 0 saturated carbocycles. The van der Waals surface area contributed by atoms with Gasteiger partial charge in [0.2, 0.25) is 0 Å². The predicted molar refractivity (Wildman–Crippen MR) is 155 cm³/mol. The molecule has 3 aromatic carbocycles. The van der Waals surface area contributed by atoms with Crippen molar-refractivity contribution in [3.63, 3.8) is 0 Å². The molecule has 38 heavy (non-hydrogen) atoms. The Balaban J connectivity index is 1.68. The first-order valence-corrected chi connectivity index (χ1v) is 15.1. The van der Waals surface area contributed by atoms with Crippen LogP contribution in [0.2, 0.25) is 10.0 Å². The number of carbonyl (C=O) groups excluding carboxylic acids is 1. The Labute approximate surface area is 239 Å². The van der Waals surface area contributed by atoms with Crippen LogP contribution in [-0.2, 0) is 15.6 Å². The number of nitrogens with zero attached hydrogens (tertiary/aromatic N) is 2. The molecule has 0 radical (unpaired) electrons. The van der Waals surface area contributed by atoms with Crippen LogP contribution < -0.4 is 5.32 Å². The maximum absolute atomic E-state index is 13.5. The van der Waals surface area contributed by atoms with Gasteiger partial charge in [0, 0.05) is 15.1 Å². The van der Waals surface area contributed by atoms with Gasteiger partial charge in [-0.2, -0.15) is 5.10 Å². The standard InChI is InChI=1S/C28H22BrCl2N3O3S/c1-17(19-5-3-2-4-6-19)32-28(35)26-23-16-38(36,37)15-20(13-18-7-9-21(29)10-8-18)27(23)34(33-26)25-12-11-22(30)14-24(25)31/h2-14,17H,15-16H2,1H3,(H,32,35)/b20-13+/t17-/m1/s1. The first-order valence-electron chi connectivity index (χ1n) is 11.7. The van der Waals surface area contributed by atoms with E-state index in [-0.39, 0.29) is 23.2 Å². The van der Waals surface area contributed by atoms with E-state index >= 15 is 0 Å². The van der Waals surface area contributed by atoms with E-state index in [2.05, 4.69) is 26.3 Å². The monoisotopic (exact) mass is 629 g/mol. The number of amides is 1. The van der Waals surface area contributed by atoms with Crippen LogP contribution in [0.5, 0.6) is 0 Å². The van der Waals surface area contributed by atoms with Crippen LogP contribution in [0.3, 0.4) is 0 Å². The molecule has 1 aliphatic heterocycles. The Bertz CT molecular complexity index is 1670. The fraction of sp³-hybridized carbons (Fsp3) is 0.143. The molecule has 0 spiro atoms. The van der Waals surface area contributed by atoms with Gasteiger partial charge in [0.25, 0.3) is 5.91 Å². The second kappa shape index (κ2) is 10.7. The summed E-state index contributed by atoms with van der Waals surface area (Å²) in [5, 5.41) is 8.37. The van der Waals surface area contributed by atoms with Crippen molar-refractivity contribution < 1.29 is 13.2 Å². The average molecular weight is 631 g/mol. The summed E-state index contributed by atoms with van der Waals surface area (Å²) in [7, 11) is -3.56. The Morgan fingerprint density at radius 2 is 1.76 bits per heavy atom. The molecule has 4 aromatic rings. The molecule has 1 amide bonds. The van der Waals surface area contributed by atoms with Crippen molar-refractivity contribution in [3.8, 4) is 5.69 Å². The van der Waals surface area contributed by atoms with Gasteiger partial charge in [0.1, 0.15) is 0 Å². The number of nitrogens with one attached hydrogen (secondary N) is 1. The Morgan fingerprint density at radius 3 is 2.45 bits per heavy atom. The van der Waals surface area contributed by atoms with Gasteiger partial charge in [-0.3, -0.25) is 4.79 Å². The van der Waals surface area contributed by atoms with Gasteiger partial charge in [0.05, 0.1) is 34.0 Å². The minimum atomic E-state index is -3.56. The third-order valence-corrected chi connectivity index (χ3v) is 8.78. The van der Waals surface area contributed by atoms with Crippen molar-refractivity contribution in [3.05, 3.63) is 115 Å². The number of sulfone groups is 1. The fourth-order valence-electron chi connectivity index (χ4n) is 4.46. The zero-order chi connectivity index (χ0) is 27.0. The average Bonchev–Trinajstić information content (AvgIpc) is 3.24. The highest BCUT2D eigenvalue weighted by molar-refractivity contribution is 9.10. The zero-order valence-corrected chi connectivity index (χ0v) is 24.1. The van der Waals surface area contributed by atoms with E-state index in [1.54, 1.807) is 29.0 Å². The van der Waals surface area contributed by atoms with Crippen LogP contribution in [0.15, 0.2) is 77.3 Å². The van der Waals surface area contributed by atoms with Crippen molar-refractivity contribution >= 4 is 66.5 Å². The highest BCUT2D eigenvalue weighted by atomic mass is 79.9. The van der Waals surface area contributed by atoms with Crippen molar-refractivity contribution in [2.45, 2.75) is 18.7 Å². The van der Waals surface area contributed by atoms with Crippen molar-refractivity contribution in [2.24, 2.45) is 0 Å². The molecule has 0 aliphatic carbocycles. The molecule has 2 heterocycles. The smallest absolute Gasteiger partial charge is 0.272 e. The largest absolute Gasteiger partial charge is 0.344 e. The Kier molecular flexibility index (Phi) is 7.51. The van der Waals surface area contributed by atoms with Gasteiger partial charge in [-0.1, -0.05) is 81.6 Å². The molecule has 0 unspecified atom stereocenters. The number of carbonyl (C=O) groups is 1. The van der Waals surface area contributed by atoms with Gasteiger partial charge in [0.15, 0.2) is 15.5 Å². The second-order valence-corrected chi connectivity index (χ2v) is 12.9. The van der Waals surface area contributed by atoms with E-state index in [0.29, 0.717) is 32.6 Å². The topological polar surface area (TPSA) is 81.1 Å². The van der Waals surface area contributed by atoms with Crippen molar-refractivity contribution in [1.29, 1.82) is 0 Å². The van der Waals surface area contributed by atoms with Crippen LogP contribution in [0.4, 0.5) is 0 Å². The highest BCUT2D eigenvalue weighted by Crippen LogP contribution is 2.37. The van der Waals surface area contributed by atoms with Gasteiger partial charge < -0.3 is 5.32 Å². The first-order chi connectivity index (χ1) is 18.1. The lowest BCUT2D eigenvalue weighted by atomic mass is 10.0. The highest BCUT2D eigenvalue weighted by Gasteiger charge is 2.35. The van der Waals surface area contributed by atoms with E-state index in [0.717, 1.165) is 15.6 Å². The molecular formula is C28H22BrCl2N3O3S. The second-order valence-electron chi connectivity index (χ2n) is 9.04. The Morgan fingerprint density at radius 1 is 1.05 bits per heavy atom. The molecule has 5 rings (SSSR count). The maximum Gasteiger partial charge on any atom is 0.272 e. The van der Waals surface area contributed by atoms with Crippen LogP contribution in [-0.4, -0.2) is 29.9 Å². The number of rotatable bonds is 5. The molecule has 0 saturated heterocycles. The van der Waals surface area contributed by atoms with E-state index in [4.69, 9.17) is 23.2 Å². The number of aromatic nitrogens is 2. The maximum atomic E-state index is 13.5. The summed E-state index contributed by atoms with van der Waals surface area (Å²) in [5.41, 5.74) is 3.64. The molecule has 194 valence electrons. The van der Waals surface area contributed by atoms with E-state index in [1.807, 2.05) is 61.5 Å². The number of halogens is 3. The quantitative estimate of drug-likeness (QED) is 0.260. The van der Waals surface area contributed by atoms with Gasteiger partial charge >= 0.3 is 0 Å². The van der Waals surface area contributed by atoms with Crippen LogP contribution in [0, 0.1) is 0 Å². The Hall–Kier alpha value is -2.91. The molecule has 1 N–H and O–H groups in total. The SMILES string of the molecule is C[C@@H](NC(=O)c1nn(-c2ccc(Cl)cc2Cl)c2c1CS(=O)(=O)C/C2=C\c1ccc(Br)cc1)c1ccccc1.